The molecule has 3 nitrogen and oxygen atoms in total. The molecule has 0 bridgehead atoms. The van der Waals surface area contributed by atoms with Gasteiger partial charge in [0.2, 0.25) is 0 Å². The summed E-state index contributed by atoms with van der Waals surface area (Å²) in [6, 6.07) is 13.8. The maximum Gasteiger partial charge on any atom is 0.266 e. The summed E-state index contributed by atoms with van der Waals surface area (Å²) in [5, 5.41) is 0. The zero-order valence-corrected chi connectivity index (χ0v) is 17.0. The summed E-state index contributed by atoms with van der Waals surface area (Å²) in [5.41, 5.74) is 3.18. The van der Waals surface area contributed by atoms with E-state index in [0.29, 0.717) is 15.8 Å². The molecule has 0 atom stereocenters. The van der Waals surface area contributed by atoms with Crippen LogP contribution in [0.5, 0.6) is 5.75 Å². The van der Waals surface area contributed by atoms with Gasteiger partial charge in [0.15, 0.2) is 0 Å². The first-order chi connectivity index (χ1) is 12.0. The van der Waals surface area contributed by atoms with Crippen molar-refractivity contribution >= 4 is 56.2 Å². The molecule has 6 heteroatoms. The molecule has 0 aromatic heterocycles. The highest BCUT2D eigenvalue weighted by molar-refractivity contribution is 9.10. The summed E-state index contributed by atoms with van der Waals surface area (Å²) < 4.78 is 6.66. The Kier molecular flexibility index (Phi) is 5.61. The summed E-state index contributed by atoms with van der Waals surface area (Å²) >= 11 is 10.2. The van der Waals surface area contributed by atoms with Crippen LogP contribution >= 0.6 is 39.9 Å². The van der Waals surface area contributed by atoms with Crippen molar-refractivity contribution in [1.29, 1.82) is 0 Å². The molecule has 0 aliphatic carbocycles. The van der Waals surface area contributed by atoms with Gasteiger partial charge in [0.25, 0.3) is 5.91 Å². The van der Waals surface area contributed by atoms with Crippen LogP contribution in [0, 0.1) is 6.92 Å². The predicted octanol–water partition coefficient (Wildman–Crippen LogP) is 5.17. The molecule has 0 unspecified atom stereocenters. The Labute approximate surface area is 165 Å². The fourth-order valence-electron chi connectivity index (χ4n) is 2.44. The van der Waals surface area contributed by atoms with Crippen LogP contribution in [-0.2, 0) is 11.3 Å². The molecule has 0 radical (unpaired) electrons. The summed E-state index contributed by atoms with van der Waals surface area (Å²) in [6.45, 7) is 2.54. The largest absolute Gasteiger partial charge is 0.496 e. The first kappa shape index (κ1) is 18.2. The van der Waals surface area contributed by atoms with Gasteiger partial charge in [-0.05, 0) is 52.2 Å². The van der Waals surface area contributed by atoms with Gasteiger partial charge in [-0.1, -0.05) is 59.9 Å². The molecular formula is C19H16BrNO2S2. The number of carbonyl (C=O) groups excluding carboxylic acids is 1. The minimum atomic E-state index is -0.0532. The van der Waals surface area contributed by atoms with E-state index in [0.717, 1.165) is 21.3 Å². The van der Waals surface area contributed by atoms with Crippen molar-refractivity contribution in [3.63, 3.8) is 0 Å². The third-order valence-corrected chi connectivity index (χ3v) is 5.81. The zero-order valence-electron chi connectivity index (χ0n) is 13.8. The van der Waals surface area contributed by atoms with Crippen LogP contribution < -0.4 is 4.74 Å². The van der Waals surface area contributed by atoms with E-state index in [2.05, 4.69) is 15.9 Å². The second-order valence-electron chi connectivity index (χ2n) is 5.65. The van der Waals surface area contributed by atoms with Crippen molar-refractivity contribution in [2.24, 2.45) is 0 Å². The Morgan fingerprint density at radius 2 is 1.96 bits per heavy atom. The number of hydrogen-bond acceptors (Lipinski definition) is 4. The molecule has 1 saturated heterocycles. The van der Waals surface area contributed by atoms with Gasteiger partial charge in [-0.2, -0.15) is 0 Å². The van der Waals surface area contributed by atoms with Crippen molar-refractivity contribution in [2.75, 3.05) is 7.11 Å². The summed E-state index contributed by atoms with van der Waals surface area (Å²) in [7, 11) is 1.62. The number of halogens is 1. The molecule has 2 aromatic carbocycles. The van der Waals surface area contributed by atoms with Gasteiger partial charge in [-0.15, -0.1) is 0 Å². The second-order valence-corrected chi connectivity index (χ2v) is 8.18. The van der Waals surface area contributed by atoms with E-state index in [-0.39, 0.29) is 5.91 Å². The normalized spacial score (nSPS) is 16.0. The lowest BCUT2D eigenvalue weighted by Crippen LogP contribution is -2.27. The lowest BCUT2D eigenvalue weighted by Gasteiger charge is -2.14. The van der Waals surface area contributed by atoms with Gasteiger partial charge in [0, 0.05) is 0 Å². The summed E-state index contributed by atoms with van der Waals surface area (Å²) in [6.07, 6.45) is 1.86. The first-order valence-corrected chi connectivity index (χ1v) is 9.64. The van der Waals surface area contributed by atoms with Crippen molar-refractivity contribution < 1.29 is 9.53 Å². The van der Waals surface area contributed by atoms with Crippen LogP contribution in [0.3, 0.4) is 0 Å². The van der Waals surface area contributed by atoms with Crippen molar-refractivity contribution in [3.8, 4) is 5.75 Å². The highest BCUT2D eigenvalue weighted by Crippen LogP contribution is 2.34. The average Bonchev–Trinajstić information content (AvgIpc) is 2.84. The third kappa shape index (κ3) is 4.14. The van der Waals surface area contributed by atoms with Gasteiger partial charge in [-0.3, -0.25) is 9.69 Å². The van der Waals surface area contributed by atoms with Gasteiger partial charge in [0.05, 0.1) is 23.0 Å². The molecule has 25 heavy (non-hydrogen) atoms. The lowest BCUT2D eigenvalue weighted by molar-refractivity contribution is -0.122. The number of nitrogens with zero attached hydrogens (tertiary/aromatic N) is 1. The van der Waals surface area contributed by atoms with Gasteiger partial charge < -0.3 is 4.74 Å². The SMILES string of the molecule is COc1ccc(C=C2SC(=S)N(Cc3ccc(C)cc3)C2=O)cc1Br. The van der Waals surface area contributed by atoms with E-state index in [4.69, 9.17) is 17.0 Å². The first-order valence-electron chi connectivity index (χ1n) is 7.62. The molecule has 2 aromatic rings. The van der Waals surface area contributed by atoms with Crippen LogP contribution in [0.15, 0.2) is 51.8 Å². The van der Waals surface area contributed by atoms with Gasteiger partial charge in [0.1, 0.15) is 10.1 Å². The minimum Gasteiger partial charge on any atom is -0.496 e. The van der Waals surface area contributed by atoms with Crippen molar-refractivity contribution in [1.82, 2.24) is 4.90 Å². The van der Waals surface area contributed by atoms with Crippen LogP contribution in [0.25, 0.3) is 6.08 Å². The number of rotatable bonds is 4. The van der Waals surface area contributed by atoms with E-state index >= 15 is 0 Å². The van der Waals surface area contributed by atoms with Crippen molar-refractivity contribution in [3.05, 3.63) is 68.5 Å². The van der Waals surface area contributed by atoms with E-state index < -0.39 is 0 Å². The number of benzene rings is 2. The number of thioether (sulfide) groups is 1. The highest BCUT2D eigenvalue weighted by atomic mass is 79.9. The quantitative estimate of drug-likeness (QED) is 0.491. The minimum absolute atomic E-state index is 0.0532. The molecule has 0 spiro atoms. The fraction of sp³-hybridized carbons (Fsp3) is 0.158. The van der Waals surface area contributed by atoms with Gasteiger partial charge >= 0.3 is 0 Å². The monoisotopic (exact) mass is 433 g/mol. The Balaban J connectivity index is 1.80. The molecule has 1 amide bonds. The molecule has 1 fully saturated rings. The van der Waals surface area contributed by atoms with E-state index in [1.807, 2.05) is 55.5 Å². The van der Waals surface area contributed by atoms with Crippen LogP contribution in [0.1, 0.15) is 16.7 Å². The van der Waals surface area contributed by atoms with Crippen LogP contribution in [-0.4, -0.2) is 22.2 Å². The average molecular weight is 434 g/mol. The number of amides is 1. The molecule has 0 saturated carbocycles. The number of thiocarbonyl (C=S) groups is 1. The van der Waals surface area contributed by atoms with Crippen LogP contribution in [0.2, 0.25) is 0 Å². The Morgan fingerprint density at radius 3 is 2.60 bits per heavy atom. The maximum atomic E-state index is 12.7. The molecule has 1 aliphatic rings. The Bertz CT molecular complexity index is 862. The predicted molar refractivity (Wildman–Crippen MR) is 111 cm³/mol. The van der Waals surface area contributed by atoms with E-state index in [1.54, 1.807) is 12.0 Å². The summed E-state index contributed by atoms with van der Waals surface area (Å²) in [4.78, 5) is 15.0. The fourth-order valence-corrected chi connectivity index (χ4v) is 4.25. The second kappa shape index (κ2) is 7.72. The van der Waals surface area contributed by atoms with E-state index in [9.17, 15) is 4.79 Å². The zero-order chi connectivity index (χ0) is 18.0. The number of carbonyl (C=O) groups is 1. The molecule has 128 valence electrons. The number of ether oxygens (including phenoxy) is 1. The van der Waals surface area contributed by atoms with Gasteiger partial charge in [-0.25, -0.2) is 0 Å². The van der Waals surface area contributed by atoms with Crippen molar-refractivity contribution in [2.45, 2.75) is 13.5 Å². The molecule has 3 rings (SSSR count). The lowest BCUT2D eigenvalue weighted by atomic mass is 10.1. The highest BCUT2D eigenvalue weighted by Gasteiger charge is 2.31. The Hall–Kier alpha value is -1.63. The molecule has 1 heterocycles. The molecule has 1 aliphatic heterocycles. The number of aryl methyl sites for hydroxylation is 1. The topological polar surface area (TPSA) is 29.5 Å². The smallest absolute Gasteiger partial charge is 0.266 e. The number of hydrogen-bond donors (Lipinski definition) is 0. The van der Waals surface area contributed by atoms with E-state index in [1.165, 1.54) is 17.3 Å². The Morgan fingerprint density at radius 1 is 1.24 bits per heavy atom. The third-order valence-electron chi connectivity index (χ3n) is 3.81. The molecule has 0 N–H and O–H groups in total. The molecular weight excluding hydrogens is 418 g/mol. The maximum absolute atomic E-state index is 12.7. The number of methoxy groups -OCH3 is 1. The van der Waals surface area contributed by atoms with Crippen LogP contribution in [0.4, 0.5) is 0 Å². The standard InChI is InChI=1S/C19H16BrNO2S2/c1-12-3-5-13(6-4-12)11-21-18(22)17(25-19(21)24)10-14-7-8-16(23-2)15(20)9-14/h3-10H,11H2,1-2H3. The summed E-state index contributed by atoms with van der Waals surface area (Å²) in [5.74, 6) is 0.701.